The highest BCUT2D eigenvalue weighted by Crippen LogP contribution is 2.45. The van der Waals surface area contributed by atoms with Crippen molar-refractivity contribution >= 4 is 17.7 Å². The first-order valence-corrected chi connectivity index (χ1v) is 10.6. The van der Waals surface area contributed by atoms with E-state index >= 15 is 0 Å². The number of aromatic nitrogens is 3. The number of nitrogens with zero attached hydrogens (tertiary/aromatic N) is 3. The summed E-state index contributed by atoms with van der Waals surface area (Å²) in [6.07, 6.45) is 2.69. The van der Waals surface area contributed by atoms with Crippen LogP contribution in [0.15, 0.2) is 66.1 Å². The topological polar surface area (TPSA) is 86.1 Å². The second-order valence-electron chi connectivity index (χ2n) is 9.22. The highest BCUT2D eigenvalue weighted by Gasteiger charge is 2.41. The van der Waals surface area contributed by atoms with Crippen molar-refractivity contribution in [1.29, 1.82) is 0 Å². The van der Waals surface area contributed by atoms with Gasteiger partial charge in [-0.3, -0.25) is 4.79 Å². The van der Waals surface area contributed by atoms with Crippen LogP contribution in [-0.4, -0.2) is 26.5 Å². The van der Waals surface area contributed by atoms with Crippen molar-refractivity contribution in [3.05, 3.63) is 82.8 Å². The first-order chi connectivity index (χ1) is 15.3. The van der Waals surface area contributed by atoms with Crippen LogP contribution >= 0.6 is 0 Å². The maximum atomic E-state index is 13.2. The molecule has 1 unspecified atom stereocenters. The van der Waals surface area contributed by atoms with Gasteiger partial charge in [0.15, 0.2) is 5.78 Å². The lowest BCUT2D eigenvalue weighted by atomic mass is 9.73. The number of aryl methyl sites for hydroxylation is 1. The third-order valence-corrected chi connectivity index (χ3v) is 5.95. The molecule has 162 valence electrons. The van der Waals surface area contributed by atoms with E-state index < -0.39 is 12.0 Å². The van der Waals surface area contributed by atoms with Gasteiger partial charge < -0.3 is 10.1 Å². The van der Waals surface area contributed by atoms with E-state index in [2.05, 4.69) is 29.2 Å². The van der Waals surface area contributed by atoms with E-state index in [4.69, 9.17) is 4.74 Å². The number of allylic oxidation sites excluding steroid dienone is 2. The van der Waals surface area contributed by atoms with Gasteiger partial charge in [0.1, 0.15) is 18.1 Å². The van der Waals surface area contributed by atoms with Gasteiger partial charge in [-0.1, -0.05) is 43.7 Å². The Morgan fingerprint density at radius 1 is 1.16 bits per heavy atom. The highest BCUT2D eigenvalue weighted by atomic mass is 16.5. The third kappa shape index (κ3) is 3.60. The van der Waals surface area contributed by atoms with Crippen molar-refractivity contribution in [2.24, 2.45) is 5.41 Å². The summed E-state index contributed by atoms with van der Waals surface area (Å²) in [6, 6.07) is 14.1. The van der Waals surface area contributed by atoms with Crippen LogP contribution < -0.4 is 10.1 Å². The number of ketones is 1. The van der Waals surface area contributed by atoms with Gasteiger partial charge in [-0.2, -0.15) is 10.1 Å². The molecule has 2 aliphatic rings. The molecule has 0 spiro atoms. The zero-order valence-electron chi connectivity index (χ0n) is 18.3. The molecule has 3 aromatic rings. The monoisotopic (exact) mass is 428 g/mol. The zero-order chi connectivity index (χ0) is 22.5. The summed E-state index contributed by atoms with van der Waals surface area (Å²) in [6.45, 7) is 6.15. The Labute approximate surface area is 186 Å². The Hall–Kier alpha value is -3.74. The summed E-state index contributed by atoms with van der Waals surface area (Å²) >= 11 is 0. The average molecular weight is 428 g/mol. The van der Waals surface area contributed by atoms with Crippen molar-refractivity contribution in [2.75, 3.05) is 5.32 Å². The molecule has 5 rings (SSSR count). The first-order valence-electron chi connectivity index (χ1n) is 10.6. The lowest BCUT2D eigenvalue weighted by Crippen LogP contribution is -2.36. The van der Waals surface area contributed by atoms with E-state index in [-0.39, 0.29) is 11.2 Å². The van der Waals surface area contributed by atoms with E-state index in [9.17, 15) is 9.59 Å². The average Bonchev–Trinajstić information content (AvgIpc) is 3.20. The standard InChI is InChI=1S/C25H24N4O3/c1-15-7-9-16(10-8-15)23(31)32-18-6-4-5-17(11-18)22-21-19(12-25(2,3)13-20(21)30)28-24-26-14-27-29(22)24/h4-11,14,22H,12-13H2,1-3H3,(H,26,27,28). The molecule has 1 N–H and O–H groups in total. The second kappa shape index (κ2) is 7.44. The molecule has 0 bridgehead atoms. The fourth-order valence-electron chi connectivity index (χ4n) is 4.46. The number of hydrogen-bond donors (Lipinski definition) is 1. The zero-order valence-corrected chi connectivity index (χ0v) is 18.3. The molecule has 2 heterocycles. The van der Waals surface area contributed by atoms with Crippen LogP contribution in [0.5, 0.6) is 5.75 Å². The summed E-state index contributed by atoms with van der Waals surface area (Å²) < 4.78 is 7.35. The van der Waals surface area contributed by atoms with Crippen LogP contribution in [0, 0.1) is 12.3 Å². The molecule has 1 aromatic heterocycles. The molecule has 0 saturated heterocycles. The van der Waals surface area contributed by atoms with Crippen molar-refractivity contribution in [2.45, 2.75) is 39.7 Å². The number of carbonyl (C=O) groups excluding carboxylic acids is 2. The third-order valence-electron chi connectivity index (χ3n) is 5.95. The molecule has 2 aromatic carbocycles. The van der Waals surface area contributed by atoms with Crippen molar-refractivity contribution in [3.63, 3.8) is 0 Å². The Kier molecular flexibility index (Phi) is 4.69. The van der Waals surface area contributed by atoms with E-state index in [0.29, 0.717) is 29.3 Å². The van der Waals surface area contributed by atoms with Gasteiger partial charge in [-0.25, -0.2) is 9.48 Å². The molecule has 1 aliphatic heterocycles. The van der Waals surface area contributed by atoms with Crippen LogP contribution in [0.1, 0.15) is 54.2 Å². The van der Waals surface area contributed by atoms with E-state index in [1.807, 2.05) is 31.2 Å². The van der Waals surface area contributed by atoms with E-state index in [1.165, 1.54) is 6.33 Å². The predicted molar refractivity (Wildman–Crippen MR) is 119 cm³/mol. The van der Waals surface area contributed by atoms with Gasteiger partial charge in [0, 0.05) is 17.7 Å². The fraction of sp³-hybridized carbons (Fsp3) is 0.280. The smallest absolute Gasteiger partial charge is 0.343 e. The Bertz CT molecular complexity index is 1250. The number of benzene rings is 2. The number of Topliss-reactive ketones (excluding diaryl/α,β-unsaturated/α-hetero) is 1. The molecule has 0 amide bonds. The quantitative estimate of drug-likeness (QED) is 0.490. The summed E-state index contributed by atoms with van der Waals surface area (Å²) in [5.41, 5.74) is 3.83. The lowest BCUT2D eigenvalue weighted by Gasteiger charge is -2.38. The number of esters is 1. The lowest BCUT2D eigenvalue weighted by molar-refractivity contribution is -0.118. The van der Waals surface area contributed by atoms with Crippen LogP contribution in [0.2, 0.25) is 0 Å². The Balaban J connectivity index is 1.51. The van der Waals surface area contributed by atoms with E-state index in [0.717, 1.165) is 23.2 Å². The first kappa shape index (κ1) is 20.2. The summed E-state index contributed by atoms with van der Waals surface area (Å²) in [5, 5.41) is 7.67. The Morgan fingerprint density at radius 2 is 1.94 bits per heavy atom. The number of hydrogen-bond acceptors (Lipinski definition) is 6. The number of rotatable bonds is 3. The predicted octanol–water partition coefficient (Wildman–Crippen LogP) is 4.46. The molecular weight excluding hydrogens is 404 g/mol. The second-order valence-corrected chi connectivity index (χ2v) is 9.22. The van der Waals surface area contributed by atoms with Crippen LogP contribution in [-0.2, 0) is 4.79 Å². The maximum absolute atomic E-state index is 13.2. The SMILES string of the molecule is Cc1ccc(C(=O)Oc2cccc(C3C4=C(CC(C)(C)CC4=O)Nc4ncnn43)c2)cc1. The minimum absolute atomic E-state index is 0.0944. The van der Waals surface area contributed by atoms with Gasteiger partial charge in [0.25, 0.3) is 0 Å². The van der Waals surface area contributed by atoms with Crippen LogP contribution in [0.25, 0.3) is 0 Å². The van der Waals surface area contributed by atoms with Crippen LogP contribution in [0.4, 0.5) is 5.95 Å². The van der Waals surface area contributed by atoms with Crippen LogP contribution in [0.3, 0.4) is 0 Å². The van der Waals surface area contributed by atoms with E-state index in [1.54, 1.807) is 28.9 Å². The number of nitrogens with one attached hydrogen (secondary N) is 1. The van der Waals surface area contributed by atoms with Crippen molar-refractivity contribution in [3.8, 4) is 5.75 Å². The van der Waals surface area contributed by atoms with Gasteiger partial charge in [-0.15, -0.1) is 0 Å². The molecule has 0 fully saturated rings. The molecule has 7 nitrogen and oxygen atoms in total. The molecule has 7 heteroatoms. The van der Waals surface area contributed by atoms with Gasteiger partial charge in [0.05, 0.1) is 5.56 Å². The number of anilines is 1. The molecule has 32 heavy (non-hydrogen) atoms. The van der Waals surface area contributed by atoms with Gasteiger partial charge in [0.2, 0.25) is 5.95 Å². The molecular formula is C25H24N4O3. The number of fused-ring (bicyclic) bond motifs is 1. The maximum Gasteiger partial charge on any atom is 0.343 e. The summed E-state index contributed by atoms with van der Waals surface area (Å²) in [4.78, 5) is 30.1. The Morgan fingerprint density at radius 3 is 2.72 bits per heavy atom. The number of carbonyl (C=O) groups is 2. The summed E-state index contributed by atoms with van der Waals surface area (Å²) in [5.74, 6) is 0.682. The molecule has 0 radical (unpaired) electrons. The number of ether oxygens (including phenoxy) is 1. The van der Waals surface area contributed by atoms with Crippen molar-refractivity contribution < 1.29 is 14.3 Å². The minimum Gasteiger partial charge on any atom is -0.423 e. The summed E-state index contributed by atoms with van der Waals surface area (Å²) in [7, 11) is 0. The molecule has 0 saturated carbocycles. The normalized spacial score (nSPS) is 19.1. The minimum atomic E-state index is -0.427. The largest absolute Gasteiger partial charge is 0.423 e. The fourth-order valence-corrected chi connectivity index (χ4v) is 4.46. The molecule has 1 atom stereocenters. The van der Waals surface area contributed by atoms with Gasteiger partial charge >= 0.3 is 5.97 Å². The van der Waals surface area contributed by atoms with Crippen molar-refractivity contribution in [1.82, 2.24) is 14.8 Å². The highest BCUT2D eigenvalue weighted by molar-refractivity contribution is 6.00. The van der Waals surface area contributed by atoms with Gasteiger partial charge in [-0.05, 0) is 48.6 Å². The molecule has 1 aliphatic carbocycles.